The Morgan fingerprint density at radius 2 is 1.88 bits per heavy atom. The Morgan fingerprint density at radius 1 is 1.09 bits per heavy atom. The number of imide groups is 2. The highest BCUT2D eigenvalue weighted by Gasteiger charge is 2.37. The van der Waals surface area contributed by atoms with Crippen LogP contribution in [-0.2, 0) is 9.59 Å². The summed E-state index contributed by atoms with van der Waals surface area (Å²) in [5, 5.41) is 13.4. The molecule has 0 saturated carbocycles. The van der Waals surface area contributed by atoms with Gasteiger partial charge in [-0.2, -0.15) is 0 Å². The number of carbonyl (C=O) groups is 4. The van der Waals surface area contributed by atoms with Gasteiger partial charge >= 0.3 is 6.03 Å². The van der Waals surface area contributed by atoms with Gasteiger partial charge in [0.15, 0.2) is 0 Å². The summed E-state index contributed by atoms with van der Waals surface area (Å²) in [6.07, 6.45) is 1.21. The Hall–Kier alpha value is -4.17. The molecule has 4 rings (SSSR count). The van der Waals surface area contributed by atoms with Crippen molar-refractivity contribution in [1.29, 1.82) is 0 Å². The van der Waals surface area contributed by atoms with Crippen molar-refractivity contribution in [3.8, 4) is 11.3 Å². The summed E-state index contributed by atoms with van der Waals surface area (Å²) in [7, 11) is 0. The Morgan fingerprint density at radius 3 is 2.59 bits per heavy atom. The number of carboxylic acid groups (broad SMARTS) is 1. The summed E-state index contributed by atoms with van der Waals surface area (Å²) >= 11 is 5.86. The minimum absolute atomic E-state index is 0.0213. The van der Waals surface area contributed by atoms with Crippen molar-refractivity contribution in [2.45, 2.75) is 6.92 Å². The lowest BCUT2D eigenvalue weighted by Crippen LogP contribution is -2.54. The number of halogens is 1. The van der Waals surface area contributed by atoms with Gasteiger partial charge in [0.1, 0.15) is 17.1 Å². The number of carboxylic acids is 1. The number of nitrogens with zero attached hydrogens (tertiary/aromatic N) is 1. The molecule has 0 spiro atoms. The third-order valence-electron chi connectivity index (χ3n) is 4.75. The largest absolute Gasteiger partial charge is 0.545 e. The molecule has 0 radical (unpaired) electrons. The zero-order chi connectivity index (χ0) is 23.0. The number of anilines is 1. The number of carbonyl (C=O) groups excluding carboxylic acids is 4. The van der Waals surface area contributed by atoms with E-state index in [4.69, 9.17) is 16.0 Å². The van der Waals surface area contributed by atoms with Crippen molar-refractivity contribution in [3.05, 3.63) is 82.1 Å². The van der Waals surface area contributed by atoms with Crippen molar-refractivity contribution in [2.24, 2.45) is 0 Å². The van der Waals surface area contributed by atoms with Crippen LogP contribution in [0.25, 0.3) is 17.4 Å². The van der Waals surface area contributed by atoms with E-state index >= 15 is 0 Å². The number of aromatic carboxylic acids is 1. The molecule has 2 aromatic carbocycles. The lowest BCUT2D eigenvalue weighted by Gasteiger charge is -2.26. The van der Waals surface area contributed by atoms with Gasteiger partial charge in [0.05, 0.1) is 11.7 Å². The molecular weight excluding hydrogens is 436 g/mol. The third-order valence-corrected chi connectivity index (χ3v) is 5.08. The number of hydrogen-bond acceptors (Lipinski definition) is 6. The molecule has 1 aliphatic heterocycles. The first kappa shape index (κ1) is 21.1. The summed E-state index contributed by atoms with van der Waals surface area (Å²) in [6, 6.07) is 13.2. The van der Waals surface area contributed by atoms with E-state index in [0.717, 1.165) is 10.5 Å². The zero-order valence-electron chi connectivity index (χ0n) is 16.5. The number of nitrogens with one attached hydrogen (secondary N) is 1. The first-order valence-electron chi connectivity index (χ1n) is 9.34. The van der Waals surface area contributed by atoms with E-state index in [2.05, 4.69) is 5.32 Å². The number of amides is 4. The molecular formula is C23H14ClN2O6-. The zero-order valence-corrected chi connectivity index (χ0v) is 17.3. The Bertz CT molecular complexity index is 1320. The summed E-state index contributed by atoms with van der Waals surface area (Å²) in [4.78, 5) is 49.6. The van der Waals surface area contributed by atoms with Gasteiger partial charge in [0.2, 0.25) is 0 Å². The molecule has 1 aliphatic rings. The van der Waals surface area contributed by atoms with Crippen LogP contribution >= 0.6 is 11.6 Å². The van der Waals surface area contributed by atoms with E-state index in [0.29, 0.717) is 11.3 Å². The van der Waals surface area contributed by atoms with E-state index in [1.165, 1.54) is 24.3 Å². The number of benzene rings is 2. The van der Waals surface area contributed by atoms with Gasteiger partial charge in [-0.15, -0.1) is 0 Å². The molecule has 1 saturated heterocycles. The smallest absolute Gasteiger partial charge is 0.335 e. The van der Waals surface area contributed by atoms with Gasteiger partial charge in [-0.1, -0.05) is 23.7 Å². The van der Waals surface area contributed by atoms with E-state index in [1.54, 1.807) is 30.3 Å². The van der Waals surface area contributed by atoms with Gasteiger partial charge in [0.25, 0.3) is 11.8 Å². The van der Waals surface area contributed by atoms with Crippen LogP contribution in [0.15, 0.2) is 64.6 Å². The fourth-order valence-electron chi connectivity index (χ4n) is 3.22. The Balaban J connectivity index is 1.68. The SMILES string of the molecule is Cc1cccc(N2C(=O)NC(=O)/C(=C\c3ccc(-c4ccc(Cl)c(C(=O)[O-])c4)o3)C2=O)c1. The topological polar surface area (TPSA) is 120 Å². The number of urea groups is 1. The Labute approximate surface area is 186 Å². The fraction of sp³-hybridized carbons (Fsp3) is 0.0435. The summed E-state index contributed by atoms with van der Waals surface area (Å²) in [5.74, 6) is -2.65. The number of rotatable bonds is 4. The molecule has 0 aliphatic carbocycles. The molecule has 160 valence electrons. The number of hydrogen-bond donors (Lipinski definition) is 1. The number of aryl methyl sites for hydroxylation is 1. The standard InChI is InChI=1S/C23H15ClN2O6/c1-12-3-2-4-14(9-12)26-21(28)17(20(27)25-23(26)31)11-15-6-8-19(32-15)13-5-7-18(24)16(10-13)22(29)30/h2-11H,1H3,(H,29,30)(H,25,27,31)/p-1/b17-11+. The maximum atomic E-state index is 12.9. The molecule has 1 aromatic heterocycles. The monoisotopic (exact) mass is 449 g/mol. The molecule has 32 heavy (non-hydrogen) atoms. The third kappa shape index (κ3) is 3.91. The average Bonchev–Trinajstić information content (AvgIpc) is 3.20. The van der Waals surface area contributed by atoms with E-state index in [-0.39, 0.29) is 27.7 Å². The van der Waals surface area contributed by atoms with E-state index in [1.807, 2.05) is 13.0 Å². The molecule has 0 bridgehead atoms. The van der Waals surface area contributed by atoms with Crippen molar-refractivity contribution < 1.29 is 28.7 Å². The van der Waals surface area contributed by atoms with Crippen LogP contribution in [-0.4, -0.2) is 23.8 Å². The molecule has 0 unspecified atom stereocenters. The maximum absolute atomic E-state index is 12.9. The van der Waals surface area contributed by atoms with E-state index < -0.39 is 23.8 Å². The number of furan rings is 1. The fourth-order valence-corrected chi connectivity index (χ4v) is 3.42. The highest BCUT2D eigenvalue weighted by Crippen LogP contribution is 2.28. The second-order valence-electron chi connectivity index (χ2n) is 6.98. The minimum Gasteiger partial charge on any atom is -0.545 e. The average molecular weight is 450 g/mol. The van der Waals surface area contributed by atoms with Crippen molar-refractivity contribution in [2.75, 3.05) is 4.90 Å². The highest BCUT2D eigenvalue weighted by atomic mass is 35.5. The second kappa shape index (κ2) is 8.16. The molecule has 1 fully saturated rings. The van der Waals surface area contributed by atoms with Gasteiger partial charge in [-0.25, -0.2) is 9.69 Å². The normalized spacial score (nSPS) is 15.2. The van der Waals surface area contributed by atoms with Crippen LogP contribution in [0.2, 0.25) is 5.02 Å². The van der Waals surface area contributed by atoms with Gasteiger partial charge in [-0.3, -0.25) is 14.9 Å². The molecule has 8 nitrogen and oxygen atoms in total. The van der Waals surface area contributed by atoms with Crippen LogP contribution in [0.5, 0.6) is 0 Å². The quantitative estimate of drug-likeness (QED) is 0.483. The van der Waals surface area contributed by atoms with Crippen LogP contribution in [0.4, 0.5) is 10.5 Å². The van der Waals surface area contributed by atoms with Gasteiger partial charge < -0.3 is 14.3 Å². The molecule has 1 N–H and O–H groups in total. The molecule has 4 amide bonds. The molecule has 3 aromatic rings. The minimum atomic E-state index is -1.43. The summed E-state index contributed by atoms with van der Waals surface area (Å²) in [5.41, 5.74) is 1.07. The van der Waals surface area contributed by atoms with Crippen molar-refractivity contribution in [3.63, 3.8) is 0 Å². The predicted octanol–water partition coefficient (Wildman–Crippen LogP) is 2.94. The van der Waals surface area contributed by atoms with Gasteiger partial charge in [0, 0.05) is 16.1 Å². The van der Waals surface area contributed by atoms with Crippen LogP contribution in [0, 0.1) is 6.92 Å². The summed E-state index contributed by atoms with van der Waals surface area (Å²) in [6.45, 7) is 1.81. The summed E-state index contributed by atoms with van der Waals surface area (Å²) < 4.78 is 5.66. The van der Waals surface area contributed by atoms with Crippen molar-refractivity contribution >= 4 is 47.2 Å². The van der Waals surface area contributed by atoms with Crippen LogP contribution in [0.3, 0.4) is 0 Å². The second-order valence-corrected chi connectivity index (χ2v) is 7.39. The molecule has 0 atom stereocenters. The van der Waals surface area contributed by atoms with Crippen LogP contribution < -0.4 is 15.3 Å². The van der Waals surface area contributed by atoms with Gasteiger partial charge in [-0.05, 0) is 61.0 Å². The predicted molar refractivity (Wildman–Crippen MR) is 114 cm³/mol. The lowest BCUT2D eigenvalue weighted by molar-refractivity contribution is -0.255. The lowest BCUT2D eigenvalue weighted by atomic mass is 10.1. The van der Waals surface area contributed by atoms with Crippen molar-refractivity contribution in [1.82, 2.24) is 5.32 Å². The Kier molecular flexibility index (Phi) is 5.38. The van der Waals surface area contributed by atoms with Crippen LogP contribution in [0.1, 0.15) is 21.7 Å². The molecule has 9 heteroatoms. The first-order chi connectivity index (χ1) is 15.2. The number of barbiturate groups is 1. The first-order valence-corrected chi connectivity index (χ1v) is 9.71. The highest BCUT2D eigenvalue weighted by molar-refractivity contribution is 6.39. The maximum Gasteiger partial charge on any atom is 0.335 e. The van der Waals surface area contributed by atoms with E-state index in [9.17, 15) is 24.3 Å². The molecule has 2 heterocycles.